The third kappa shape index (κ3) is 6.29. The number of piperidine rings is 1. The molecule has 7 rings (SSSR count). The van der Waals surface area contributed by atoms with Gasteiger partial charge in [-0.2, -0.15) is 8.78 Å². The third-order valence-corrected chi connectivity index (χ3v) is 12.9. The largest absolute Gasteiger partial charge is 0.479 e. The fourth-order valence-corrected chi connectivity index (χ4v) is 10.4. The number of alkyl halides is 2. The molecule has 1 aromatic carbocycles. The zero-order valence-electron chi connectivity index (χ0n) is 30.2. The first-order chi connectivity index (χ1) is 24.3. The third-order valence-electron chi connectivity index (χ3n) is 12.9. The van der Waals surface area contributed by atoms with Gasteiger partial charge in [-0.05, 0) is 98.8 Å². The van der Waals surface area contributed by atoms with Crippen LogP contribution in [0.15, 0.2) is 24.4 Å². The fraction of sp³-hybridized carbons (Fsp3) is 0.667. The Hall–Kier alpha value is -3.67. The minimum atomic E-state index is -3.51. The molecule has 3 saturated carbocycles. The van der Waals surface area contributed by atoms with Gasteiger partial charge in [-0.1, -0.05) is 33.1 Å². The van der Waals surface area contributed by atoms with Crippen LogP contribution in [0.4, 0.5) is 20.4 Å². The number of benzene rings is 1. The number of carbonyl (C=O) groups is 3. The van der Waals surface area contributed by atoms with Gasteiger partial charge in [-0.15, -0.1) is 0 Å². The number of anilines is 2. The van der Waals surface area contributed by atoms with E-state index in [0.717, 1.165) is 68.8 Å². The molecular weight excluding hydrogens is 656 g/mol. The molecule has 5 unspecified atom stereocenters. The molecular formula is C39H51F2N5O5. The van der Waals surface area contributed by atoms with Crippen molar-refractivity contribution in [1.29, 1.82) is 0 Å². The SMILES string of the molecule is COC1CCN(C(=O)c2ccc3c(c2)C2(CCCCC2)CN3c2ncc(C(=O)NC3(C(=O)O)C(C)CC4CC(C)CC3C4)c(C(C)(F)F)n2)CC1. The zero-order chi connectivity index (χ0) is 36.3. The maximum absolute atomic E-state index is 15.5. The summed E-state index contributed by atoms with van der Waals surface area (Å²) in [4.78, 5) is 53.3. The molecule has 2 amide bonds. The number of aliphatic carboxylic acids is 1. The number of fused-ring (bicyclic) bond motifs is 4. The number of ether oxygens (including phenoxy) is 1. The van der Waals surface area contributed by atoms with Crippen molar-refractivity contribution in [1.82, 2.24) is 20.2 Å². The van der Waals surface area contributed by atoms with Crippen LogP contribution in [0.25, 0.3) is 0 Å². The number of hydrogen-bond donors (Lipinski definition) is 2. The lowest BCUT2D eigenvalue weighted by Gasteiger charge is -2.52. The fourth-order valence-electron chi connectivity index (χ4n) is 10.4. The van der Waals surface area contributed by atoms with Gasteiger partial charge in [0.25, 0.3) is 17.7 Å². The highest BCUT2D eigenvalue weighted by Gasteiger charge is 2.57. The van der Waals surface area contributed by atoms with Gasteiger partial charge in [0.05, 0.1) is 11.7 Å². The minimum absolute atomic E-state index is 0.0269. The van der Waals surface area contributed by atoms with Crippen molar-refractivity contribution < 1.29 is 33.0 Å². The molecule has 1 aromatic heterocycles. The average molecular weight is 708 g/mol. The summed E-state index contributed by atoms with van der Waals surface area (Å²) in [6, 6.07) is 5.65. The molecule has 276 valence electrons. The lowest BCUT2D eigenvalue weighted by atomic mass is 9.56. The first-order valence-corrected chi connectivity index (χ1v) is 18.8. The van der Waals surface area contributed by atoms with Gasteiger partial charge in [-0.25, -0.2) is 14.8 Å². The number of aromatic nitrogens is 2. The van der Waals surface area contributed by atoms with Gasteiger partial charge in [0.15, 0.2) is 0 Å². The van der Waals surface area contributed by atoms with E-state index in [9.17, 15) is 19.5 Å². The maximum atomic E-state index is 15.5. The Kier molecular flexibility index (Phi) is 9.38. The molecule has 5 atom stereocenters. The Balaban J connectivity index is 1.22. The van der Waals surface area contributed by atoms with Crippen LogP contribution in [0.5, 0.6) is 0 Å². The Labute approximate surface area is 298 Å². The summed E-state index contributed by atoms with van der Waals surface area (Å²) in [6.45, 7) is 6.37. The van der Waals surface area contributed by atoms with Crippen molar-refractivity contribution in [3.8, 4) is 0 Å². The van der Waals surface area contributed by atoms with Crippen molar-refractivity contribution in [3.63, 3.8) is 0 Å². The van der Waals surface area contributed by atoms with E-state index in [1.54, 1.807) is 13.2 Å². The van der Waals surface area contributed by atoms with Crippen LogP contribution in [0.3, 0.4) is 0 Å². The van der Waals surface area contributed by atoms with Crippen molar-refractivity contribution in [2.24, 2.45) is 23.7 Å². The highest BCUT2D eigenvalue weighted by molar-refractivity contribution is 5.99. The number of halogens is 2. The molecule has 12 heteroatoms. The van der Waals surface area contributed by atoms with E-state index < -0.39 is 34.6 Å². The molecule has 0 radical (unpaired) electrons. The molecule has 2 bridgehead atoms. The Morgan fingerprint density at radius 3 is 2.43 bits per heavy atom. The molecule has 2 aromatic rings. The van der Waals surface area contributed by atoms with Crippen LogP contribution in [-0.4, -0.2) is 76.1 Å². The van der Waals surface area contributed by atoms with Crippen LogP contribution in [-0.2, 0) is 20.9 Å². The van der Waals surface area contributed by atoms with Gasteiger partial charge < -0.3 is 25.0 Å². The first kappa shape index (κ1) is 35.7. The lowest BCUT2D eigenvalue weighted by molar-refractivity contribution is -0.155. The normalized spacial score (nSPS) is 29.1. The zero-order valence-corrected chi connectivity index (χ0v) is 30.2. The molecule has 4 fully saturated rings. The van der Waals surface area contributed by atoms with Crippen molar-refractivity contribution >= 4 is 29.4 Å². The highest BCUT2D eigenvalue weighted by Crippen LogP contribution is 2.52. The van der Waals surface area contributed by atoms with E-state index in [-0.39, 0.29) is 35.2 Å². The Bertz CT molecular complexity index is 1680. The number of carboxylic acid groups (broad SMARTS) is 1. The molecule has 3 aliphatic carbocycles. The first-order valence-electron chi connectivity index (χ1n) is 18.8. The van der Waals surface area contributed by atoms with E-state index in [1.807, 2.05) is 28.9 Å². The van der Waals surface area contributed by atoms with Crippen LogP contribution in [0.1, 0.15) is 123 Å². The summed E-state index contributed by atoms with van der Waals surface area (Å²) < 4.78 is 36.4. The highest BCUT2D eigenvalue weighted by atomic mass is 19.3. The van der Waals surface area contributed by atoms with E-state index in [4.69, 9.17) is 4.74 Å². The predicted octanol–water partition coefficient (Wildman–Crippen LogP) is 6.84. The number of amides is 2. The van der Waals surface area contributed by atoms with Crippen molar-refractivity contribution in [2.45, 2.75) is 114 Å². The molecule has 5 aliphatic rings. The Morgan fingerprint density at radius 1 is 1.04 bits per heavy atom. The summed E-state index contributed by atoms with van der Waals surface area (Å²) in [7, 11) is 1.70. The lowest BCUT2D eigenvalue weighted by Crippen LogP contribution is -2.66. The molecule has 51 heavy (non-hydrogen) atoms. The summed E-state index contributed by atoms with van der Waals surface area (Å²) >= 11 is 0. The summed E-state index contributed by atoms with van der Waals surface area (Å²) in [5.74, 6) is -5.49. The standard InChI is InChI=1S/C39H51F2N5O5/c1-23-16-25-18-24(2)39(35(49)50,27(17-23)19-25)44-33(47)29-21-42-36(43-32(29)37(3,40)41)46-22-38(12-6-5-7-13-38)30-20-26(8-9-31(30)46)34(48)45-14-10-28(51-4)11-15-45/h8-9,20-21,23-25,27-28H,5-7,10-19,22H2,1-4H3,(H,44,47)(H,49,50). The smallest absolute Gasteiger partial charge is 0.329 e. The van der Waals surface area contributed by atoms with Crippen LogP contribution in [0.2, 0.25) is 0 Å². The summed E-state index contributed by atoms with van der Waals surface area (Å²) in [6.07, 6.45) is 10.8. The monoisotopic (exact) mass is 707 g/mol. The van der Waals surface area contributed by atoms with Crippen LogP contribution < -0.4 is 10.2 Å². The number of rotatable bonds is 7. The van der Waals surface area contributed by atoms with E-state index in [0.29, 0.717) is 63.2 Å². The second-order valence-electron chi connectivity index (χ2n) is 16.3. The number of methoxy groups -OCH3 is 1. The van der Waals surface area contributed by atoms with Gasteiger partial charge in [-0.3, -0.25) is 9.59 Å². The molecule has 2 aliphatic heterocycles. The predicted molar refractivity (Wildman–Crippen MR) is 187 cm³/mol. The van der Waals surface area contributed by atoms with Crippen molar-refractivity contribution in [3.05, 3.63) is 46.8 Å². The number of nitrogens with one attached hydrogen (secondary N) is 1. The van der Waals surface area contributed by atoms with Gasteiger partial charge in [0, 0.05) is 56.5 Å². The van der Waals surface area contributed by atoms with Gasteiger partial charge in [0.2, 0.25) is 5.95 Å². The number of nitrogens with zero attached hydrogens (tertiary/aromatic N) is 4. The van der Waals surface area contributed by atoms with Crippen LogP contribution >= 0.6 is 0 Å². The van der Waals surface area contributed by atoms with E-state index >= 15 is 8.78 Å². The molecule has 2 N–H and O–H groups in total. The minimum Gasteiger partial charge on any atom is -0.479 e. The average Bonchev–Trinajstić information content (AvgIpc) is 3.41. The summed E-state index contributed by atoms with van der Waals surface area (Å²) in [5.41, 5.74) is -0.636. The summed E-state index contributed by atoms with van der Waals surface area (Å²) in [5, 5.41) is 13.4. The molecule has 3 heterocycles. The molecule has 10 nitrogen and oxygen atoms in total. The quantitative estimate of drug-likeness (QED) is 0.321. The number of hydrogen-bond acceptors (Lipinski definition) is 7. The topological polar surface area (TPSA) is 125 Å². The van der Waals surface area contributed by atoms with Gasteiger partial charge in [0.1, 0.15) is 11.2 Å². The Morgan fingerprint density at radius 2 is 1.76 bits per heavy atom. The van der Waals surface area contributed by atoms with Crippen molar-refractivity contribution in [2.75, 3.05) is 31.6 Å². The molecule has 1 saturated heterocycles. The van der Waals surface area contributed by atoms with E-state index in [1.165, 1.54) is 0 Å². The maximum Gasteiger partial charge on any atom is 0.329 e. The van der Waals surface area contributed by atoms with E-state index in [2.05, 4.69) is 22.2 Å². The number of carboxylic acids is 1. The van der Waals surface area contributed by atoms with Crippen LogP contribution in [0, 0.1) is 23.7 Å². The van der Waals surface area contributed by atoms with Gasteiger partial charge >= 0.3 is 5.97 Å². The second-order valence-corrected chi connectivity index (χ2v) is 16.3. The number of likely N-dealkylation sites (tertiary alicyclic amines) is 1. The second kappa shape index (κ2) is 13.4. The molecule has 1 spiro atoms. The number of carbonyl (C=O) groups excluding carboxylic acids is 2.